The summed E-state index contributed by atoms with van der Waals surface area (Å²) in [6.07, 6.45) is 5.18. The third-order valence-corrected chi connectivity index (χ3v) is 3.76. The van der Waals surface area contributed by atoms with Crippen LogP contribution in [0.4, 0.5) is 4.39 Å². The van der Waals surface area contributed by atoms with E-state index in [9.17, 15) is 14.3 Å². The number of aromatic nitrogens is 2. The number of hydrogen-bond donors (Lipinski definition) is 1. The monoisotopic (exact) mass is 289 g/mol. The molecule has 110 valence electrons. The van der Waals surface area contributed by atoms with Gasteiger partial charge in [0.15, 0.2) is 0 Å². The van der Waals surface area contributed by atoms with Gasteiger partial charge >= 0.3 is 5.97 Å². The quantitative estimate of drug-likeness (QED) is 0.936. The molecule has 1 aliphatic heterocycles. The number of rotatable bonds is 4. The van der Waals surface area contributed by atoms with Crippen LogP contribution in [-0.4, -0.2) is 38.3 Å². The molecular formula is C15H16FN3O2. The van der Waals surface area contributed by atoms with Gasteiger partial charge in [-0.25, -0.2) is 9.07 Å². The van der Waals surface area contributed by atoms with Crippen LogP contribution in [0.1, 0.15) is 18.4 Å². The highest BCUT2D eigenvalue weighted by Crippen LogP contribution is 2.20. The molecule has 6 heteroatoms. The molecule has 1 aliphatic rings. The molecule has 0 bridgehead atoms. The van der Waals surface area contributed by atoms with Gasteiger partial charge in [-0.15, -0.1) is 0 Å². The van der Waals surface area contributed by atoms with E-state index in [-0.39, 0.29) is 5.82 Å². The molecular weight excluding hydrogens is 273 g/mol. The number of aliphatic carboxylic acids is 1. The molecule has 1 N–H and O–H groups in total. The third kappa shape index (κ3) is 2.95. The van der Waals surface area contributed by atoms with Gasteiger partial charge in [0.25, 0.3) is 0 Å². The number of benzene rings is 1. The Morgan fingerprint density at radius 3 is 2.86 bits per heavy atom. The second-order valence-corrected chi connectivity index (χ2v) is 5.24. The lowest BCUT2D eigenvalue weighted by Gasteiger charge is -2.19. The van der Waals surface area contributed by atoms with Crippen molar-refractivity contribution in [2.45, 2.75) is 25.4 Å². The fourth-order valence-corrected chi connectivity index (χ4v) is 2.71. The lowest BCUT2D eigenvalue weighted by atomic mass is 10.2. The molecule has 5 nitrogen and oxygen atoms in total. The van der Waals surface area contributed by atoms with Crippen LogP contribution in [-0.2, 0) is 11.3 Å². The van der Waals surface area contributed by atoms with Crippen molar-refractivity contribution < 1.29 is 14.3 Å². The first-order chi connectivity index (χ1) is 10.1. The van der Waals surface area contributed by atoms with Crippen LogP contribution in [0.5, 0.6) is 0 Å². The summed E-state index contributed by atoms with van der Waals surface area (Å²) in [5.74, 6) is -1.05. The normalized spacial score (nSPS) is 19.0. The van der Waals surface area contributed by atoms with Crippen molar-refractivity contribution >= 4 is 5.97 Å². The first kappa shape index (κ1) is 13.8. The summed E-state index contributed by atoms with van der Waals surface area (Å²) in [5, 5.41) is 13.4. The van der Waals surface area contributed by atoms with E-state index in [1.54, 1.807) is 23.0 Å². The summed E-state index contributed by atoms with van der Waals surface area (Å²) in [4.78, 5) is 13.1. The van der Waals surface area contributed by atoms with E-state index >= 15 is 0 Å². The van der Waals surface area contributed by atoms with Gasteiger partial charge in [0.05, 0.1) is 11.9 Å². The minimum absolute atomic E-state index is 0.285. The van der Waals surface area contributed by atoms with E-state index in [2.05, 4.69) is 5.10 Å². The Morgan fingerprint density at radius 1 is 1.38 bits per heavy atom. The Kier molecular flexibility index (Phi) is 3.70. The Bertz CT molecular complexity index is 639. The maximum Gasteiger partial charge on any atom is 0.320 e. The van der Waals surface area contributed by atoms with Gasteiger partial charge in [-0.2, -0.15) is 5.10 Å². The van der Waals surface area contributed by atoms with E-state index in [0.29, 0.717) is 13.0 Å². The van der Waals surface area contributed by atoms with Crippen molar-refractivity contribution in [1.29, 1.82) is 0 Å². The van der Waals surface area contributed by atoms with Crippen molar-refractivity contribution in [2.75, 3.05) is 6.54 Å². The zero-order valence-corrected chi connectivity index (χ0v) is 11.4. The maximum absolute atomic E-state index is 12.9. The number of carbonyl (C=O) groups is 1. The molecule has 1 unspecified atom stereocenters. The second-order valence-electron chi connectivity index (χ2n) is 5.24. The minimum Gasteiger partial charge on any atom is -0.480 e. The molecule has 1 atom stereocenters. The summed E-state index contributed by atoms with van der Waals surface area (Å²) < 4.78 is 14.6. The van der Waals surface area contributed by atoms with E-state index in [1.165, 1.54) is 12.1 Å². The zero-order valence-electron chi connectivity index (χ0n) is 11.4. The Labute approximate surface area is 121 Å². The predicted molar refractivity (Wildman–Crippen MR) is 74.6 cm³/mol. The Hall–Kier alpha value is -2.21. The molecule has 1 aromatic heterocycles. The SMILES string of the molecule is O=C(O)C1CCCN1Cc1cnn(-c2ccc(F)cc2)c1. The van der Waals surface area contributed by atoms with Crippen LogP contribution in [0.15, 0.2) is 36.7 Å². The Morgan fingerprint density at radius 2 is 2.14 bits per heavy atom. The largest absolute Gasteiger partial charge is 0.480 e. The molecule has 1 aromatic carbocycles. The number of hydrogen-bond acceptors (Lipinski definition) is 3. The van der Waals surface area contributed by atoms with Crippen LogP contribution >= 0.6 is 0 Å². The second kappa shape index (κ2) is 5.65. The molecule has 2 heterocycles. The number of halogens is 1. The first-order valence-electron chi connectivity index (χ1n) is 6.90. The third-order valence-electron chi connectivity index (χ3n) is 3.76. The van der Waals surface area contributed by atoms with Crippen molar-refractivity contribution in [3.05, 3.63) is 48.0 Å². The van der Waals surface area contributed by atoms with Gasteiger partial charge in [0.1, 0.15) is 11.9 Å². The van der Waals surface area contributed by atoms with Gasteiger partial charge in [-0.05, 0) is 43.7 Å². The average molecular weight is 289 g/mol. The van der Waals surface area contributed by atoms with Gasteiger partial charge in [0.2, 0.25) is 0 Å². The Balaban J connectivity index is 1.73. The summed E-state index contributed by atoms with van der Waals surface area (Å²) in [6.45, 7) is 1.36. The van der Waals surface area contributed by atoms with E-state index in [1.807, 2.05) is 11.1 Å². The van der Waals surface area contributed by atoms with Crippen LogP contribution < -0.4 is 0 Å². The molecule has 1 fully saturated rings. The van der Waals surface area contributed by atoms with Crippen molar-refractivity contribution in [3.8, 4) is 5.69 Å². The van der Waals surface area contributed by atoms with E-state index in [0.717, 1.165) is 24.2 Å². The number of carboxylic acids is 1. The summed E-state index contributed by atoms with van der Waals surface area (Å²) in [6, 6.07) is 5.68. The van der Waals surface area contributed by atoms with Gasteiger partial charge in [0, 0.05) is 18.3 Å². The highest BCUT2D eigenvalue weighted by molar-refractivity contribution is 5.73. The molecule has 3 rings (SSSR count). The average Bonchev–Trinajstić information content (AvgIpc) is 3.09. The number of likely N-dealkylation sites (tertiary alicyclic amines) is 1. The predicted octanol–water partition coefficient (Wildman–Crippen LogP) is 2.06. The molecule has 0 spiro atoms. The van der Waals surface area contributed by atoms with E-state index in [4.69, 9.17) is 0 Å². The lowest BCUT2D eigenvalue weighted by molar-refractivity contribution is -0.142. The van der Waals surface area contributed by atoms with Crippen molar-refractivity contribution in [2.24, 2.45) is 0 Å². The summed E-state index contributed by atoms with van der Waals surface area (Å²) in [7, 11) is 0. The first-order valence-corrected chi connectivity index (χ1v) is 6.90. The molecule has 2 aromatic rings. The molecule has 0 aliphatic carbocycles. The number of nitrogens with zero attached hydrogens (tertiary/aromatic N) is 3. The zero-order chi connectivity index (χ0) is 14.8. The highest BCUT2D eigenvalue weighted by atomic mass is 19.1. The van der Waals surface area contributed by atoms with Gasteiger partial charge < -0.3 is 5.11 Å². The molecule has 0 radical (unpaired) electrons. The summed E-state index contributed by atoms with van der Waals surface area (Å²) in [5.41, 5.74) is 1.73. The molecule has 0 saturated carbocycles. The van der Waals surface area contributed by atoms with Crippen molar-refractivity contribution in [1.82, 2.24) is 14.7 Å². The van der Waals surface area contributed by atoms with Crippen LogP contribution in [0.3, 0.4) is 0 Å². The van der Waals surface area contributed by atoms with E-state index < -0.39 is 12.0 Å². The highest BCUT2D eigenvalue weighted by Gasteiger charge is 2.30. The summed E-state index contributed by atoms with van der Waals surface area (Å²) >= 11 is 0. The fourth-order valence-electron chi connectivity index (χ4n) is 2.71. The van der Waals surface area contributed by atoms with Crippen molar-refractivity contribution in [3.63, 3.8) is 0 Å². The molecule has 21 heavy (non-hydrogen) atoms. The number of carboxylic acid groups (broad SMARTS) is 1. The van der Waals surface area contributed by atoms with Crippen LogP contribution in [0.25, 0.3) is 5.69 Å². The lowest BCUT2D eigenvalue weighted by Crippen LogP contribution is -2.35. The fraction of sp³-hybridized carbons (Fsp3) is 0.333. The standard InChI is InChI=1S/C15H16FN3O2/c16-12-3-5-13(6-4-12)19-10-11(8-17-19)9-18-7-1-2-14(18)15(20)21/h3-6,8,10,14H,1-2,7,9H2,(H,20,21). The topological polar surface area (TPSA) is 58.4 Å². The maximum atomic E-state index is 12.9. The minimum atomic E-state index is -0.765. The molecule has 0 amide bonds. The smallest absolute Gasteiger partial charge is 0.320 e. The van der Waals surface area contributed by atoms with Gasteiger partial charge in [-0.1, -0.05) is 0 Å². The molecule has 1 saturated heterocycles. The van der Waals surface area contributed by atoms with Crippen LogP contribution in [0, 0.1) is 5.82 Å². The van der Waals surface area contributed by atoms with Crippen LogP contribution in [0.2, 0.25) is 0 Å². The van der Waals surface area contributed by atoms with Gasteiger partial charge in [-0.3, -0.25) is 9.69 Å².